The molecule has 1 atom stereocenters. The van der Waals surface area contributed by atoms with Gasteiger partial charge in [-0.1, -0.05) is 36.4 Å². The van der Waals surface area contributed by atoms with E-state index >= 15 is 0 Å². The van der Waals surface area contributed by atoms with Crippen LogP contribution in [0.15, 0.2) is 48.5 Å². The molecule has 0 spiro atoms. The van der Waals surface area contributed by atoms with Crippen molar-refractivity contribution in [1.29, 1.82) is 0 Å². The third kappa shape index (κ3) is 2.18. The van der Waals surface area contributed by atoms with Gasteiger partial charge in [0, 0.05) is 6.04 Å². The van der Waals surface area contributed by atoms with Crippen LogP contribution in [0.5, 0.6) is 0 Å². The summed E-state index contributed by atoms with van der Waals surface area (Å²) >= 11 is 0. The van der Waals surface area contributed by atoms with Crippen molar-refractivity contribution >= 4 is 11.8 Å². The molecule has 0 saturated heterocycles. The summed E-state index contributed by atoms with van der Waals surface area (Å²) in [6.45, 7) is 0.325. The summed E-state index contributed by atoms with van der Waals surface area (Å²) in [6, 6.07) is 15.7. The number of nitrogens with zero attached hydrogens (tertiary/aromatic N) is 2. The van der Waals surface area contributed by atoms with Crippen LogP contribution in [-0.2, 0) is 6.42 Å². The molecule has 2 aliphatic rings. The van der Waals surface area contributed by atoms with Crippen LogP contribution in [0.25, 0.3) is 0 Å². The van der Waals surface area contributed by atoms with Crippen molar-refractivity contribution in [3.8, 4) is 0 Å². The molecule has 1 aliphatic carbocycles. The van der Waals surface area contributed by atoms with Gasteiger partial charge in [0.05, 0.1) is 17.8 Å². The molecule has 23 heavy (non-hydrogen) atoms. The Morgan fingerprint density at radius 2 is 1.61 bits per heavy atom. The summed E-state index contributed by atoms with van der Waals surface area (Å²) in [5.74, 6) is -0.382. The average Bonchev–Trinajstić information content (AvgIpc) is 3.11. The van der Waals surface area contributed by atoms with Crippen LogP contribution in [0, 0.1) is 0 Å². The predicted octanol–water partition coefficient (Wildman–Crippen LogP) is 2.86. The van der Waals surface area contributed by atoms with Crippen LogP contribution in [0.1, 0.15) is 44.3 Å². The second-order valence-electron chi connectivity index (χ2n) is 6.24. The first-order valence-corrected chi connectivity index (χ1v) is 7.90. The number of carbonyl (C=O) groups is 2. The highest BCUT2D eigenvalue weighted by Crippen LogP contribution is 2.35. The SMILES string of the molecule is CN(CN1C(=O)c2ccccc2C1=O)C1CCc2ccccc21. The molecule has 2 amide bonds. The second kappa shape index (κ2) is 5.32. The van der Waals surface area contributed by atoms with Gasteiger partial charge in [0.2, 0.25) is 0 Å². The Labute approximate surface area is 135 Å². The zero-order valence-corrected chi connectivity index (χ0v) is 13.0. The first-order chi connectivity index (χ1) is 11.2. The number of amides is 2. The third-order valence-corrected chi connectivity index (χ3v) is 4.88. The van der Waals surface area contributed by atoms with Gasteiger partial charge in [-0.05, 0) is 43.1 Å². The molecule has 4 heteroatoms. The van der Waals surface area contributed by atoms with Crippen LogP contribution in [0.3, 0.4) is 0 Å². The van der Waals surface area contributed by atoms with Gasteiger partial charge in [0.25, 0.3) is 11.8 Å². The molecule has 4 rings (SSSR count). The molecule has 0 saturated carbocycles. The smallest absolute Gasteiger partial charge is 0.262 e. The molecular weight excluding hydrogens is 288 g/mol. The second-order valence-corrected chi connectivity index (χ2v) is 6.24. The number of fused-ring (bicyclic) bond motifs is 2. The summed E-state index contributed by atoms with van der Waals surface area (Å²) in [5, 5.41) is 0. The van der Waals surface area contributed by atoms with E-state index in [2.05, 4.69) is 23.1 Å². The fourth-order valence-electron chi connectivity index (χ4n) is 3.68. The van der Waals surface area contributed by atoms with E-state index in [4.69, 9.17) is 0 Å². The van der Waals surface area contributed by atoms with E-state index in [0.29, 0.717) is 17.8 Å². The monoisotopic (exact) mass is 306 g/mol. The fraction of sp³-hybridized carbons (Fsp3) is 0.263. The zero-order chi connectivity index (χ0) is 16.0. The minimum Gasteiger partial charge on any atom is -0.282 e. The van der Waals surface area contributed by atoms with Crippen molar-refractivity contribution < 1.29 is 9.59 Å². The number of benzene rings is 2. The first-order valence-electron chi connectivity index (χ1n) is 7.90. The number of hydrogen-bond acceptors (Lipinski definition) is 3. The molecule has 4 nitrogen and oxygen atoms in total. The average molecular weight is 306 g/mol. The Hall–Kier alpha value is -2.46. The van der Waals surface area contributed by atoms with Crippen molar-refractivity contribution in [1.82, 2.24) is 9.80 Å². The van der Waals surface area contributed by atoms with Crippen molar-refractivity contribution in [3.63, 3.8) is 0 Å². The maximum atomic E-state index is 12.5. The highest BCUT2D eigenvalue weighted by molar-refractivity contribution is 6.21. The summed E-state index contributed by atoms with van der Waals surface area (Å²) in [4.78, 5) is 28.4. The summed E-state index contributed by atoms with van der Waals surface area (Å²) in [6.07, 6.45) is 2.08. The molecule has 2 aromatic carbocycles. The molecule has 0 fully saturated rings. The highest BCUT2D eigenvalue weighted by atomic mass is 16.2. The highest BCUT2D eigenvalue weighted by Gasteiger charge is 2.37. The van der Waals surface area contributed by atoms with E-state index in [1.165, 1.54) is 16.0 Å². The number of imide groups is 1. The van der Waals surface area contributed by atoms with Crippen LogP contribution in [0.4, 0.5) is 0 Å². The molecule has 1 heterocycles. The van der Waals surface area contributed by atoms with Gasteiger partial charge in [0.1, 0.15) is 0 Å². The largest absolute Gasteiger partial charge is 0.282 e. The van der Waals surface area contributed by atoms with Crippen LogP contribution in [0.2, 0.25) is 0 Å². The van der Waals surface area contributed by atoms with E-state index in [1.54, 1.807) is 24.3 Å². The van der Waals surface area contributed by atoms with Gasteiger partial charge in [-0.25, -0.2) is 0 Å². The van der Waals surface area contributed by atoms with E-state index in [1.807, 2.05) is 13.1 Å². The topological polar surface area (TPSA) is 40.6 Å². The fourth-order valence-corrected chi connectivity index (χ4v) is 3.68. The number of hydrogen-bond donors (Lipinski definition) is 0. The molecule has 116 valence electrons. The predicted molar refractivity (Wildman–Crippen MR) is 87.1 cm³/mol. The van der Waals surface area contributed by atoms with Gasteiger partial charge in [0.15, 0.2) is 0 Å². The Bertz CT molecular complexity index is 764. The molecular formula is C19H18N2O2. The Morgan fingerprint density at radius 3 is 2.30 bits per heavy atom. The van der Waals surface area contributed by atoms with Crippen molar-refractivity contribution in [3.05, 3.63) is 70.8 Å². The molecule has 0 N–H and O–H groups in total. The van der Waals surface area contributed by atoms with Gasteiger partial charge >= 0.3 is 0 Å². The van der Waals surface area contributed by atoms with Crippen LogP contribution >= 0.6 is 0 Å². The Balaban J connectivity index is 1.56. The number of rotatable bonds is 3. The van der Waals surface area contributed by atoms with Gasteiger partial charge in [-0.2, -0.15) is 0 Å². The molecule has 2 aromatic rings. The quantitative estimate of drug-likeness (QED) is 0.819. The summed E-state index contributed by atoms with van der Waals surface area (Å²) in [5.41, 5.74) is 3.70. The lowest BCUT2D eigenvalue weighted by Gasteiger charge is -2.28. The minimum absolute atomic E-state index is 0.191. The van der Waals surface area contributed by atoms with Crippen LogP contribution < -0.4 is 0 Å². The van der Waals surface area contributed by atoms with Gasteiger partial charge in [-0.3, -0.25) is 19.4 Å². The maximum Gasteiger partial charge on any atom is 0.262 e. The summed E-state index contributed by atoms with van der Waals surface area (Å²) < 4.78 is 0. The van der Waals surface area contributed by atoms with E-state index in [9.17, 15) is 9.59 Å². The molecule has 0 bridgehead atoms. The van der Waals surface area contributed by atoms with Crippen LogP contribution in [-0.4, -0.2) is 35.3 Å². The normalized spacial score (nSPS) is 19.4. The van der Waals surface area contributed by atoms with Crippen molar-refractivity contribution in [2.24, 2.45) is 0 Å². The Kier molecular flexibility index (Phi) is 3.27. The minimum atomic E-state index is -0.191. The van der Waals surface area contributed by atoms with E-state index in [0.717, 1.165) is 12.8 Å². The standard InChI is InChI=1S/C19H18N2O2/c1-20(17-11-10-13-6-2-3-7-14(13)17)12-21-18(22)15-8-4-5-9-16(15)19(21)23/h2-9,17H,10-12H2,1H3. The number of aryl methyl sites for hydroxylation is 1. The lowest BCUT2D eigenvalue weighted by atomic mass is 10.1. The number of carbonyl (C=O) groups excluding carboxylic acids is 2. The first kappa shape index (κ1) is 14.2. The Morgan fingerprint density at radius 1 is 1.00 bits per heavy atom. The van der Waals surface area contributed by atoms with Gasteiger partial charge < -0.3 is 0 Å². The van der Waals surface area contributed by atoms with Crippen molar-refractivity contribution in [2.45, 2.75) is 18.9 Å². The summed E-state index contributed by atoms with van der Waals surface area (Å²) in [7, 11) is 1.98. The zero-order valence-electron chi connectivity index (χ0n) is 13.0. The third-order valence-electron chi connectivity index (χ3n) is 4.88. The lowest BCUT2D eigenvalue weighted by molar-refractivity contribution is 0.0523. The maximum absolute atomic E-state index is 12.5. The van der Waals surface area contributed by atoms with E-state index < -0.39 is 0 Å². The lowest BCUT2D eigenvalue weighted by Crippen LogP contribution is -2.40. The molecule has 0 radical (unpaired) electrons. The molecule has 1 unspecified atom stereocenters. The molecule has 1 aliphatic heterocycles. The van der Waals surface area contributed by atoms with Crippen molar-refractivity contribution in [2.75, 3.05) is 13.7 Å². The van der Waals surface area contributed by atoms with Gasteiger partial charge in [-0.15, -0.1) is 0 Å². The molecule has 0 aromatic heterocycles. The van der Waals surface area contributed by atoms with E-state index in [-0.39, 0.29) is 17.9 Å².